The second-order valence-electron chi connectivity index (χ2n) is 6.19. The molecule has 1 aliphatic heterocycles. The molecule has 136 valence electrons. The maximum absolute atomic E-state index is 11.1. The second-order valence-corrected chi connectivity index (χ2v) is 6.19. The minimum absolute atomic E-state index is 0.0879. The molecule has 2 aromatic rings. The van der Waals surface area contributed by atoms with Gasteiger partial charge in [0.2, 0.25) is 0 Å². The molecule has 0 saturated heterocycles. The van der Waals surface area contributed by atoms with Crippen molar-refractivity contribution in [2.75, 3.05) is 0 Å². The van der Waals surface area contributed by atoms with Crippen molar-refractivity contribution in [2.45, 2.75) is 18.4 Å². The van der Waals surface area contributed by atoms with E-state index in [0.717, 1.165) is 22.4 Å². The number of benzene rings is 2. The Balaban J connectivity index is 1.95. The number of hydrogen-bond donors (Lipinski definition) is 1. The zero-order valence-electron chi connectivity index (χ0n) is 14.8. The number of rotatable bonds is 7. The van der Waals surface area contributed by atoms with E-state index < -0.39 is 5.97 Å². The molecule has 0 fully saturated rings. The molecule has 27 heavy (non-hydrogen) atoms. The Labute approximate surface area is 158 Å². The summed E-state index contributed by atoms with van der Waals surface area (Å²) in [6.45, 7) is 7.31. The third kappa shape index (κ3) is 4.03. The minimum Gasteiger partial charge on any atom is -0.478 e. The maximum Gasteiger partial charge on any atom is 0.335 e. The number of hydrogen-bond acceptors (Lipinski definition) is 4. The van der Waals surface area contributed by atoms with E-state index in [4.69, 9.17) is 9.94 Å². The number of carboxylic acids is 1. The number of carbonyl (C=O) groups is 1. The summed E-state index contributed by atoms with van der Waals surface area (Å²) in [5.74, 6) is -1.05. The van der Waals surface area contributed by atoms with Gasteiger partial charge in [-0.05, 0) is 30.0 Å². The van der Waals surface area contributed by atoms with Crippen molar-refractivity contribution >= 4 is 18.4 Å². The molecule has 2 unspecified atom stereocenters. The molecule has 5 heteroatoms. The molecule has 2 aromatic carbocycles. The molecule has 0 radical (unpaired) electrons. The Kier molecular flexibility index (Phi) is 5.61. The Morgan fingerprint density at radius 3 is 2.48 bits per heavy atom. The molecule has 5 nitrogen and oxygen atoms in total. The molecular weight excluding hydrogens is 340 g/mol. The lowest BCUT2D eigenvalue weighted by Crippen LogP contribution is -2.22. The topological polar surface area (TPSA) is 71.2 Å². The third-order valence-corrected chi connectivity index (χ3v) is 4.50. The van der Waals surface area contributed by atoms with Gasteiger partial charge in [0.15, 0.2) is 0 Å². The Bertz CT molecular complexity index is 899. The Morgan fingerprint density at radius 1 is 1.19 bits per heavy atom. The summed E-state index contributed by atoms with van der Waals surface area (Å²) in [6, 6.07) is 16.7. The number of aromatic carboxylic acids is 1. The number of oxime groups is 1. The van der Waals surface area contributed by atoms with Crippen LogP contribution in [0.2, 0.25) is 0 Å². The maximum atomic E-state index is 11.1. The molecule has 0 aromatic heterocycles. The van der Waals surface area contributed by atoms with Crippen molar-refractivity contribution in [3.05, 3.63) is 95.7 Å². The molecule has 0 aliphatic carbocycles. The van der Waals surface area contributed by atoms with Crippen LogP contribution < -0.4 is 0 Å². The zero-order valence-corrected chi connectivity index (χ0v) is 14.8. The fourth-order valence-electron chi connectivity index (χ4n) is 3.16. The van der Waals surface area contributed by atoms with Crippen LogP contribution in [0.4, 0.5) is 0 Å². The average Bonchev–Trinajstić information content (AvgIpc) is 3.11. The summed E-state index contributed by atoms with van der Waals surface area (Å²) >= 11 is 0. The smallest absolute Gasteiger partial charge is 0.335 e. The lowest BCUT2D eigenvalue weighted by atomic mass is 9.83. The van der Waals surface area contributed by atoms with Crippen molar-refractivity contribution in [3.8, 4) is 0 Å². The summed E-state index contributed by atoms with van der Waals surface area (Å²) < 4.78 is 0. The summed E-state index contributed by atoms with van der Waals surface area (Å²) in [4.78, 5) is 20.7. The van der Waals surface area contributed by atoms with Gasteiger partial charge in [0, 0.05) is 18.2 Å². The highest BCUT2D eigenvalue weighted by Gasteiger charge is 2.36. The first-order chi connectivity index (χ1) is 13.1. The van der Waals surface area contributed by atoms with E-state index in [0.29, 0.717) is 6.42 Å². The SMILES string of the molecule is C=C/C(=C\N=C)CC1ON=C(c2ccc(C(=O)O)cc2)C1c1ccccc1. The van der Waals surface area contributed by atoms with Crippen molar-refractivity contribution in [3.63, 3.8) is 0 Å². The van der Waals surface area contributed by atoms with E-state index in [1.165, 1.54) is 0 Å². The molecular formula is C22H20N2O3. The van der Waals surface area contributed by atoms with Crippen LogP contribution in [0, 0.1) is 0 Å². The quantitative estimate of drug-likeness (QED) is 0.586. The van der Waals surface area contributed by atoms with Crippen LogP contribution in [0.1, 0.15) is 33.8 Å². The van der Waals surface area contributed by atoms with Gasteiger partial charge >= 0.3 is 5.97 Å². The van der Waals surface area contributed by atoms with Gasteiger partial charge in [-0.1, -0.05) is 60.3 Å². The van der Waals surface area contributed by atoms with E-state index in [9.17, 15) is 4.79 Å². The molecule has 2 atom stereocenters. The van der Waals surface area contributed by atoms with Crippen LogP contribution in [-0.2, 0) is 4.84 Å². The molecule has 0 amide bonds. The fourth-order valence-corrected chi connectivity index (χ4v) is 3.16. The summed E-state index contributed by atoms with van der Waals surface area (Å²) in [7, 11) is 0. The number of nitrogens with zero attached hydrogens (tertiary/aromatic N) is 2. The van der Waals surface area contributed by atoms with E-state index in [2.05, 4.69) is 23.4 Å². The van der Waals surface area contributed by atoms with E-state index in [-0.39, 0.29) is 17.6 Å². The van der Waals surface area contributed by atoms with Gasteiger partial charge in [0.1, 0.15) is 6.10 Å². The van der Waals surface area contributed by atoms with Gasteiger partial charge in [-0.25, -0.2) is 4.79 Å². The fraction of sp³-hybridized carbons (Fsp3) is 0.136. The highest BCUT2D eigenvalue weighted by Crippen LogP contribution is 2.35. The van der Waals surface area contributed by atoms with Crippen LogP contribution in [0.5, 0.6) is 0 Å². The first-order valence-corrected chi connectivity index (χ1v) is 8.53. The predicted molar refractivity (Wildman–Crippen MR) is 106 cm³/mol. The van der Waals surface area contributed by atoms with E-state index in [1.54, 1.807) is 36.5 Å². The normalized spacial score (nSPS) is 19.1. The molecule has 0 spiro atoms. The van der Waals surface area contributed by atoms with Crippen LogP contribution in [0.3, 0.4) is 0 Å². The lowest BCUT2D eigenvalue weighted by molar-refractivity contribution is 0.0696. The van der Waals surface area contributed by atoms with Crippen LogP contribution >= 0.6 is 0 Å². The molecule has 0 saturated carbocycles. The first kappa shape index (κ1) is 18.3. The summed E-state index contributed by atoms with van der Waals surface area (Å²) in [5.41, 5.74) is 3.84. The zero-order chi connectivity index (χ0) is 19.2. The largest absolute Gasteiger partial charge is 0.478 e. The number of allylic oxidation sites excluding steroid dienone is 1. The minimum atomic E-state index is -0.957. The lowest BCUT2D eigenvalue weighted by Gasteiger charge is -2.20. The van der Waals surface area contributed by atoms with Crippen molar-refractivity contribution in [1.82, 2.24) is 0 Å². The average molecular weight is 360 g/mol. The molecule has 1 N–H and O–H groups in total. The predicted octanol–water partition coefficient (Wildman–Crippen LogP) is 4.43. The van der Waals surface area contributed by atoms with Gasteiger partial charge in [0.05, 0.1) is 17.2 Å². The van der Waals surface area contributed by atoms with Crippen molar-refractivity contribution < 1.29 is 14.7 Å². The van der Waals surface area contributed by atoms with Crippen LogP contribution in [-0.4, -0.2) is 29.6 Å². The summed E-state index contributed by atoms with van der Waals surface area (Å²) in [5, 5.41) is 13.4. The highest BCUT2D eigenvalue weighted by molar-refractivity contribution is 6.06. The third-order valence-electron chi connectivity index (χ3n) is 4.50. The van der Waals surface area contributed by atoms with Crippen LogP contribution in [0.15, 0.2) is 89.2 Å². The molecule has 0 bridgehead atoms. The Hall–Kier alpha value is -3.47. The molecule has 3 rings (SSSR count). The molecule has 1 heterocycles. The van der Waals surface area contributed by atoms with Gasteiger partial charge in [-0.3, -0.25) is 4.99 Å². The molecule has 1 aliphatic rings. The summed E-state index contributed by atoms with van der Waals surface area (Å²) in [6.07, 6.45) is 3.77. The second kappa shape index (κ2) is 8.27. The van der Waals surface area contributed by atoms with Crippen molar-refractivity contribution in [2.24, 2.45) is 10.1 Å². The van der Waals surface area contributed by atoms with E-state index in [1.807, 2.05) is 30.3 Å². The van der Waals surface area contributed by atoms with Gasteiger partial charge in [-0.2, -0.15) is 0 Å². The van der Waals surface area contributed by atoms with Gasteiger partial charge in [-0.15, -0.1) is 0 Å². The highest BCUT2D eigenvalue weighted by atomic mass is 16.6. The number of aliphatic imine (C=N–C) groups is 1. The van der Waals surface area contributed by atoms with Gasteiger partial charge < -0.3 is 9.94 Å². The van der Waals surface area contributed by atoms with Gasteiger partial charge in [0.25, 0.3) is 0 Å². The number of carboxylic acid groups (broad SMARTS) is 1. The monoisotopic (exact) mass is 360 g/mol. The standard InChI is InChI=1S/C22H20N2O3/c1-3-15(14-23-2)13-19-20(16-7-5-4-6-8-16)21(24-27-19)17-9-11-18(12-10-17)22(25)26/h3-12,14,19-20H,1-2,13H2,(H,25,26)/b15-14+. The van der Waals surface area contributed by atoms with Crippen LogP contribution in [0.25, 0.3) is 0 Å². The van der Waals surface area contributed by atoms with E-state index >= 15 is 0 Å². The Morgan fingerprint density at radius 2 is 1.89 bits per heavy atom. The first-order valence-electron chi connectivity index (χ1n) is 8.53. The van der Waals surface area contributed by atoms with Crippen molar-refractivity contribution in [1.29, 1.82) is 0 Å².